The summed E-state index contributed by atoms with van der Waals surface area (Å²) in [6, 6.07) is 1.67. The maximum absolute atomic E-state index is 13.6. The van der Waals surface area contributed by atoms with Gasteiger partial charge in [-0.3, -0.25) is 4.79 Å². The van der Waals surface area contributed by atoms with Crippen LogP contribution in [0.4, 0.5) is 20.4 Å². The van der Waals surface area contributed by atoms with E-state index in [1.165, 1.54) is 17.4 Å². The third kappa shape index (κ3) is 2.58. The molecule has 25 heavy (non-hydrogen) atoms. The van der Waals surface area contributed by atoms with Gasteiger partial charge in [0.1, 0.15) is 9.71 Å². The molecule has 1 saturated heterocycles. The largest absolute Gasteiger partial charge is 0.472 e. The number of carbonyl (C=O) groups is 1. The highest BCUT2D eigenvalue weighted by atomic mass is 32.1. The van der Waals surface area contributed by atoms with E-state index in [9.17, 15) is 13.6 Å². The Morgan fingerprint density at radius 1 is 1.40 bits per heavy atom. The number of hydrogen-bond donors (Lipinski definition) is 2. The van der Waals surface area contributed by atoms with Gasteiger partial charge in [-0.2, -0.15) is 0 Å². The van der Waals surface area contributed by atoms with E-state index in [0.717, 1.165) is 11.3 Å². The van der Waals surface area contributed by atoms with Crippen molar-refractivity contribution in [2.45, 2.75) is 12.3 Å². The number of furan rings is 1. The Kier molecular flexibility index (Phi) is 3.39. The summed E-state index contributed by atoms with van der Waals surface area (Å²) in [6.07, 6.45) is 2.67. The van der Waals surface area contributed by atoms with Crippen LogP contribution in [0.3, 0.4) is 0 Å². The zero-order valence-electron chi connectivity index (χ0n) is 12.8. The molecule has 0 saturated carbocycles. The minimum absolute atomic E-state index is 0.146. The standard InChI is InChI=1S/C15H13F2N5O2S/c16-15(17)2-3-22(6-15)14-20-10(7-1-4-24-5-7)8-9(18)11(12(19)23)25-13(8)21-14/h1,4-5H,2-3,6,18H2,(H2,19,23). The Morgan fingerprint density at radius 2 is 2.20 bits per heavy atom. The van der Waals surface area contributed by atoms with Gasteiger partial charge in [-0.25, -0.2) is 18.7 Å². The molecule has 4 heterocycles. The van der Waals surface area contributed by atoms with Crippen LogP contribution in [0.15, 0.2) is 23.0 Å². The number of rotatable bonds is 3. The molecule has 7 nitrogen and oxygen atoms in total. The van der Waals surface area contributed by atoms with E-state index in [4.69, 9.17) is 15.9 Å². The molecule has 0 unspecified atom stereocenters. The molecule has 0 aromatic carbocycles. The number of carbonyl (C=O) groups excluding carboxylic acids is 1. The summed E-state index contributed by atoms with van der Waals surface area (Å²) in [5.74, 6) is -3.29. The van der Waals surface area contributed by atoms with E-state index >= 15 is 0 Å². The summed E-state index contributed by atoms with van der Waals surface area (Å²) in [5, 5.41) is 0.468. The topological polar surface area (TPSA) is 111 Å². The molecule has 3 aromatic heterocycles. The fourth-order valence-electron chi connectivity index (χ4n) is 2.85. The van der Waals surface area contributed by atoms with Crippen molar-refractivity contribution in [2.24, 2.45) is 5.73 Å². The lowest BCUT2D eigenvalue weighted by atomic mass is 10.1. The Labute approximate surface area is 144 Å². The number of thiophene rings is 1. The molecule has 0 spiro atoms. The maximum Gasteiger partial charge on any atom is 0.267 e. The van der Waals surface area contributed by atoms with Crippen LogP contribution >= 0.6 is 11.3 Å². The molecule has 3 aromatic rings. The van der Waals surface area contributed by atoms with Crippen molar-refractivity contribution in [1.82, 2.24) is 9.97 Å². The van der Waals surface area contributed by atoms with E-state index in [0.29, 0.717) is 21.5 Å². The Bertz CT molecular complexity index is 970. The summed E-state index contributed by atoms with van der Waals surface area (Å²) < 4.78 is 32.2. The van der Waals surface area contributed by atoms with Crippen molar-refractivity contribution >= 4 is 39.1 Å². The second-order valence-electron chi connectivity index (χ2n) is 5.80. The third-order valence-corrected chi connectivity index (χ3v) is 5.16. The minimum atomic E-state index is -2.78. The monoisotopic (exact) mass is 365 g/mol. The normalized spacial score (nSPS) is 16.6. The van der Waals surface area contributed by atoms with E-state index in [1.807, 2.05) is 0 Å². The van der Waals surface area contributed by atoms with Gasteiger partial charge in [0.25, 0.3) is 11.8 Å². The highest BCUT2D eigenvalue weighted by Gasteiger charge is 2.39. The smallest absolute Gasteiger partial charge is 0.267 e. The first-order valence-corrected chi connectivity index (χ1v) is 8.22. The molecule has 1 fully saturated rings. The van der Waals surface area contributed by atoms with E-state index < -0.39 is 18.4 Å². The van der Waals surface area contributed by atoms with Crippen molar-refractivity contribution in [3.8, 4) is 11.3 Å². The van der Waals surface area contributed by atoms with Crippen LogP contribution in [-0.4, -0.2) is 34.9 Å². The van der Waals surface area contributed by atoms with Crippen molar-refractivity contribution in [3.05, 3.63) is 23.5 Å². The second kappa shape index (κ2) is 5.38. The van der Waals surface area contributed by atoms with Crippen molar-refractivity contribution < 1.29 is 18.0 Å². The second-order valence-corrected chi connectivity index (χ2v) is 6.80. The summed E-state index contributed by atoms with van der Waals surface area (Å²) >= 11 is 1.02. The number of nitrogens with zero attached hydrogens (tertiary/aromatic N) is 3. The number of amides is 1. The fraction of sp³-hybridized carbons (Fsp3) is 0.267. The Morgan fingerprint density at radius 3 is 2.80 bits per heavy atom. The number of halogens is 2. The predicted molar refractivity (Wildman–Crippen MR) is 89.8 cm³/mol. The van der Waals surface area contributed by atoms with Crippen LogP contribution in [0.25, 0.3) is 21.5 Å². The molecule has 0 aliphatic carbocycles. The summed E-state index contributed by atoms with van der Waals surface area (Å²) in [7, 11) is 0. The fourth-order valence-corrected chi connectivity index (χ4v) is 3.79. The first kappa shape index (κ1) is 15.8. The molecular weight excluding hydrogens is 352 g/mol. The lowest BCUT2D eigenvalue weighted by molar-refractivity contribution is 0.0256. The Hall–Kier alpha value is -2.75. The lowest BCUT2D eigenvalue weighted by Crippen LogP contribution is -2.26. The van der Waals surface area contributed by atoms with E-state index in [-0.39, 0.29) is 29.5 Å². The molecule has 10 heteroatoms. The SMILES string of the molecule is NC(=O)c1sc2nc(N3CCC(F)(F)C3)nc(-c3ccoc3)c2c1N. The van der Waals surface area contributed by atoms with Gasteiger partial charge < -0.3 is 20.8 Å². The van der Waals surface area contributed by atoms with Gasteiger partial charge in [-0.1, -0.05) is 0 Å². The average molecular weight is 365 g/mol. The molecule has 0 radical (unpaired) electrons. The highest BCUT2D eigenvalue weighted by Crippen LogP contribution is 2.40. The van der Waals surface area contributed by atoms with Crippen LogP contribution in [0.2, 0.25) is 0 Å². The maximum atomic E-state index is 13.6. The molecule has 1 aliphatic rings. The number of anilines is 2. The van der Waals surface area contributed by atoms with Gasteiger partial charge in [0.05, 0.1) is 35.8 Å². The van der Waals surface area contributed by atoms with Crippen molar-refractivity contribution in [3.63, 3.8) is 0 Å². The third-order valence-electron chi connectivity index (χ3n) is 4.05. The molecule has 1 amide bonds. The lowest BCUT2D eigenvalue weighted by Gasteiger charge is -2.16. The van der Waals surface area contributed by atoms with Crippen LogP contribution in [0.1, 0.15) is 16.1 Å². The number of nitrogens with two attached hydrogens (primary N) is 2. The Balaban J connectivity index is 1.94. The quantitative estimate of drug-likeness (QED) is 0.738. The number of aromatic nitrogens is 2. The van der Waals surface area contributed by atoms with Gasteiger partial charge >= 0.3 is 0 Å². The predicted octanol–water partition coefficient (Wildman–Crippen LogP) is 2.48. The van der Waals surface area contributed by atoms with E-state index in [2.05, 4.69) is 9.97 Å². The van der Waals surface area contributed by atoms with Gasteiger partial charge in [-0.05, 0) is 6.07 Å². The van der Waals surface area contributed by atoms with Crippen molar-refractivity contribution in [1.29, 1.82) is 0 Å². The molecule has 130 valence electrons. The van der Waals surface area contributed by atoms with Gasteiger partial charge in [0, 0.05) is 18.5 Å². The first-order chi connectivity index (χ1) is 11.9. The number of alkyl halides is 2. The molecule has 1 aliphatic heterocycles. The summed E-state index contributed by atoms with van der Waals surface area (Å²) in [6.45, 7) is -0.306. The van der Waals surface area contributed by atoms with Crippen LogP contribution < -0.4 is 16.4 Å². The van der Waals surface area contributed by atoms with E-state index in [1.54, 1.807) is 6.07 Å². The summed E-state index contributed by atoms with van der Waals surface area (Å²) in [4.78, 5) is 22.4. The molecule has 0 atom stereocenters. The van der Waals surface area contributed by atoms with Crippen LogP contribution in [-0.2, 0) is 0 Å². The number of hydrogen-bond acceptors (Lipinski definition) is 7. The van der Waals surface area contributed by atoms with Gasteiger partial charge in [0.2, 0.25) is 5.95 Å². The number of primary amides is 1. The highest BCUT2D eigenvalue weighted by molar-refractivity contribution is 7.21. The van der Waals surface area contributed by atoms with Gasteiger partial charge in [-0.15, -0.1) is 11.3 Å². The van der Waals surface area contributed by atoms with Crippen LogP contribution in [0.5, 0.6) is 0 Å². The van der Waals surface area contributed by atoms with Crippen molar-refractivity contribution in [2.75, 3.05) is 23.7 Å². The zero-order chi connectivity index (χ0) is 17.8. The minimum Gasteiger partial charge on any atom is -0.472 e. The molecular formula is C15H13F2N5O2S. The van der Waals surface area contributed by atoms with Gasteiger partial charge in [0.15, 0.2) is 0 Å². The molecule has 0 bridgehead atoms. The summed E-state index contributed by atoms with van der Waals surface area (Å²) in [5.41, 5.74) is 12.6. The zero-order valence-corrected chi connectivity index (χ0v) is 13.6. The molecule has 4 rings (SSSR count). The number of fused-ring (bicyclic) bond motifs is 1. The first-order valence-electron chi connectivity index (χ1n) is 7.41. The molecule has 4 N–H and O–H groups in total. The van der Waals surface area contributed by atoms with Crippen LogP contribution in [0, 0.1) is 0 Å². The average Bonchev–Trinajstić information content (AvgIpc) is 3.26. The number of nitrogen functional groups attached to an aromatic ring is 1.